The van der Waals surface area contributed by atoms with Gasteiger partial charge in [-0.1, -0.05) is 29.8 Å². The third kappa shape index (κ3) is 4.23. The summed E-state index contributed by atoms with van der Waals surface area (Å²) in [4.78, 5) is 22.6. The first-order valence-corrected chi connectivity index (χ1v) is 7.65. The fraction of sp³-hybridized carbons (Fsp3) is 0.294. The summed E-state index contributed by atoms with van der Waals surface area (Å²) in [5, 5.41) is 20.2. The minimum Gasteiger partial charge on any atom is -0.426 e. The van der Waals surface area contributed by atoms with E-state index in [0.717, 1.165) is 0 Å². The molecule has 24 heavy (non-hydrogen) atoms. The fourth-order valence-electron chi connectivity index (χ4n) is 2.40. The summed E-state index contributed by atoms with van der Waals surface area (Å²) in [6.45, 7) is 2.55. The molecule has 6 nitrogen and oxygen atoms in total. The number of esters is 2. The second-order valence-corrected chi connectivity index (χ2v) is 5.68. The lowest BCUT2D eigenvalue weighted by atomic mass is 9.98. The number of aliphatic hydroxyl groups excluding tert-OH is 2. The van der Waals surface area contributed by atoms with Crippen molar-refractivity contribution < 1.29 is 29.3 Å². The van der Waals surface area contributed by atoms with E-state index < -0.39 is 23.6 Å². The molecule has 0 saturated heterocycles. The van der Waals surface area contributed by atoms with Gasteiger partial charge in [-0.25, -0.2) is 0 Å². The van der Waals surface area contributed by atoms with Crippen molar-refractivity contribution in [1.29, 1.82) is 0 Å². The Hall–Kier alpha value is -2.15. The lowest BCUT2D eigenvalue weighted by molar-refractivity contribution is -0.132. The average Bonchev–Trinajstić information content (AvgIpc) is 2.48. The molecule has 0 aromatic heterocycles. The number of carbonyl (C=O) groups is 2. The molecule has 128 valence electrons. The minimum absolute atomic E-state index is 0.0276. The lowest BCUT2D eigenvalue weighted by Crippen LogP contribution is -2.22. The van der Waals surface area contributed by atoms with Gasteiger partial charge in [-0.05, 0) is 17.7 Å². The minimum atomic E-state index is -1.44. The summed E-state index contributed by atoms with van der Waals surface area (Å²) >= 11 is 5.50. The highest BCUT2D eigenvalue weighted by Gasteiger charge is 2.19. The molecular formula is C17H17ClO6. The summed E-state index contributed by atoms with van der Waals surface area (Å²) in [6, 6.07) is 8.14. The van der Waals surface area contributed by atoms with E-state index in [2.05, 4.69) is 0 Å². The van der Waals surface area contributed by atoms with Crippen LogP contribution in [0.1, 0.15) is 19.4 Å². The summed E-state index contributed by atoms with van der Waals surface area (Å²) in [5.41, 5.74) is -0.848. The number of carbonyl (C=O) groups excluding carboxylic acids is 2. The van der Waals surface area contributed by atoms with E-state index in [-0.39, 0.29) is 12.2 Å². The normalized spacial score (nSPS) is 13.4. The molecule has 0 bridgehead atoms. The second kappa shape index (κ2) is 7.61. The molecule has 2 atom stereocenters. The van der Waals surface area contributed by atoms with E-state index in [1.54, 1.807) is 18.2 Å². The quantitative estimate of drug-likeness (QED) is 0.486. The molecule has 0 saturated carbocycles. The van der Waals surface area contributed by atoms with Gasteiger partial charge in [-0.15, -0.1) is 0 Å². The number of benzene rings is 2. The number of fused-ring (bicyclic) bond motifs is 1. The van der Waals surface area contributed by atoms with Gasteiger partial charge >= 0.3 is 11.9 Å². The predicted molar refractivity (Wildman–Crippen MR) is 88.1 cm³/mol. The smallest absolute Gasteiger partial charge is 0.308 e. The summed E-state index contributed by atoms with van der Waals surface area (Å²) < 4.78 is 10.4. The highest BCUT2D eigenvalue weighted by molar-refractivity contribution is 6.19. The van der Waals surface area contributed by atoms with Crippen LogP contribution in [0.5, 0.6) is 11.5 Å². The highest BCUT2D eigenvalue weighted by atomic mass is 35.5. The summed E-state index contributed by atoms with van der Waals surface area (Å²) in [6.07, 6.45) is -1.18. The van der Waals surface area contributed by atoms with Crippen LogP contribution in [0.4, 0.5) is 0 Å². The monoisotopic (exact) mass is 352 g/mol. The Bertz CT molecular complexity index is 771. The van der Waals surface area contributed by atoms with Crippen molar-refractivity contribution in [2.24, 2.45) is 0 Å². The Labute approximate surface area is 143 Å². The van der Waals surface area contributed by atoms with E-state index in [0.29, 0.717) is 22.1 Å². The van der Waals surface area contributed by atoms with Crippen molar-refractivity contribution in [3.8, 4) is 11.5 Å². The Balaban J connectivity index is 2.64. The van der Waals surface area contributed by atoms with Crippen LogP contribution in [0, 0.1) is 0 Å². The van der Waals surface area contributed by atoms with Crippen LogP contribution in [-0.2, 0) is 16.0 Å². The molecule has 0 aliphatic carbocycles. The zero-order valence-electron chi connectivity index (χ0n) is 13.2. The van der Waals surface area contributed by atoms with E-state index >= 15 is 0 Å². The molecule has 0 spiro atoms. The largest absolute Gasteiger partial charge is 0.426 e. The molecule has 0 amide bonds. The summed E-state index contributed by atoms with van der Waals surface area (Å²) in [5.74, 6) is -0.432. The van der Waals surface area contributed by atoms with Crippen LogP contribution in [-0.4, -0.2) is 33.8 Å². The van der Waals surface area contributed by atoms with Gasteiger partial charge in [-0.2, -0.15) is 0 Å². The molecule has 2 N–H and O–H groups in total. The van der Waals surface area contributed by atoms with Gasteiger partial charge in [0.15, 0.2) is 5.56 Å². The number of ether oxygens (including phenoxy) is 2. The van der Waals surface area contributed by atoms with Crippen LogP contribution >= 0.6 is 11.6 Å². The molecule has 2 aromatic carbocycles. The van der Waals surface area contributed by atoms with Crippen molar-refractivity contribution in [3.05, 3.63) is 35.9 Å². The molecule has 0 aliphatic rings. The first-order chi connectivity index (χ1) is 11.3. The molecule has 0 fully saturated rings. The zero-order chi connectivity index (χ0) is 17.9. The maximum Gasteiger partial charge on any atom is 0.308 e. The number of hydrogen-bond acceptors (Lipinski definition) is 6. The Morgan fingerprint density at radius 3 is 2.21 bits per heavy atom. The Morgan fingerprint density at radius 2 is 1.62 bits per heavy atom. The molecule has 0 aliphatic heterocycles. The number of halogens is 1. The molecular weight excluding hydrogens is 336 g/mol. The van der Waals surface area contributed by atoms with E-state index in [1.165, 1.54) is 26.0 Å². The summed E-state index contributed by atoms with van der Waals surface area (Å²) in [7, 11) is 0. The van der Waals surface area contributed by atoms with Crippen molar-refractivity contribution in [2.75, 3.05) is 0 Å². The molecule has 2 rings (SSSR count). The van der Waals surface area contributed by atoms with Gasteiger partial charge in [-0.3, -0.25) is 9.59 Å². The van der Waals surface area contributed by atoms with Crippen LogP contribution in [0.15, 0.2) is 30.3 Å². The molecule has 7 heteroatoms. The van der Waals surface area contributed by atoms with Gasteiger partial charge in [0.05, 0.1) is 6.10 Å². The molecule has 0 radical (unpaired) electrons. The van der Waals surface area contributed by atoms with Gasteiger partial charge < -0.3 is 19.7 Å². The SMILES string of the molecule is CC(=O)Oc1ccc(OC(C)=O)c2c(CC(O)C(O)Cl)cccc12. The maximum absolute atomic E-state index is 11.3. The number of aliphatic hydroxyl groups is 2. The first kappa shape index (κ1) is 18.2. The number of hydrogen-bond donors (Lipinski definition) is 2. The van der Waals surface area contributed by atoms with Gasteiger partial charge in [0, 0.05) is 31.0 Å². The first-order valence-electron chi connectivity index (χ1n) is 7.21. The maximum atomic E-state index is 11.3. The lowest BCUT2D eigenvalue weighted by Gasteiger charge is -2.17. The van der Waals surface area contributed by atoms with Gasteiger partial charge in [0.1, 0.15) is 11.5 Å². The highest BCUT2D eigenvalue weighted by Crippen LogP contribution is 2.36. The number of alkyl halides is 1. The molecule has 2 unspecified atom stereocenters. The third-order valence-electron chi connectivity index (χ3n) is 3.30. The van der Waals surface area contributed by atoms with Crippen LogP contribution in [0.25, 0.3) is 10.8 Å². The molecule has 0 heterocycles. The average molecular weight is 353 g/mol. The third-order valence-corrected chi connectivity index (χ3v) is 3.59. The second-order valence-electron chi connectivity index (χ2n) is 5.23. The van der Waals surface area contributed by atoms with Crippen LogP contribution in [0.2, 0.25) is 0 Å². The van der Waals surface area contributed by atoms with Crippen molar-refractivity contribution >= 4 is 34.3 Å². The van der Waals surface area contributed by atoms with Crippen molar-refractivity contribution in [2.45, 2.75) is 31.9 Å². The van der Waals surface area contributed by atoms with Gasteiger partial charge in [0.2, 0.25) is 0 Å². The topological polar surface area (TPSA) is 93.1 Å². The zero-order valence-corrected chi connectivity index (χ0v) is 13.9. The van der Waals surface area contributed by atoms with Crippen LogP contribution in [0.3, 0.4) is 0 Å². The van der Waals surface area contributed by atoms with Crippen LogP contribution < -0.4 is 9.47 Å². The number of rotatable bonds is 5. The van der Waals surface area contributed by atoms with Crippen molar-refractivity contribution in [3.63, 3.8) is 0 Å². The molecule has 2 aromatic rings. The Morgan fingerprint density at radius 1 is 1.04 bits per heavy atom. The van der Waals surface area contributed by atoms with E-state index in [1.807, 2.05) is 0 Å². The van der Waals surface area contributed by atoms with E-state index in [4.69, 9.17) is 21.1 Å². The van der Waals surface area contributed by atoms with Gasteiger partial charge in [0.25, 0.3) is 0 Å². The predicted octanol–water partition coefficient (Wildman–Crippen LogP) is 2.15. The van der Waals surface area contributed by atoms with Crippen molar-refractivity contribution in [1.82, 2.24) is 0 Å². The fourth-order valence-corrected chi connectivity index (χ4v) is 2.49. The Kier molecular flexibility index (Phi) is 5.77. The van der Waals surface area contributed by atoms with E-state index in [9.17, 15) is 19.8 Å². The standard InChI is InChI=1S/C17H17ClO6/c1-9(19)23-14-6-7-15(24-10(2)20)16-11(4-3-5-12(14)16)8-13(21)17(18)22/h3-7,13,17,21-22H,8H2,1-2H3.